The van der Waals surface area contributed by atoms with Gasteiger partial charge in [-0.1, -0.05) is 15.9 Å². The molecule has 0 saturated heterocycles. The second-order valence-electron chi connectivity index (χ2n) is 4.12. The maximum atomic E-state index is 9.12. The summed E-state index contributed by atoms with van der Waals surface area (Å²) >= 11 is 3.52. The van der Waals surface area contributed by atoms with Gasteiger partial charge in [-0.15, -0.1) is 0 Å². The van der Waals surface area contributed by atoms with E-state index in [0.717, 1.165) is 22.9 Å². The number of rotatable bonds is 7. The van der Waals surface area contributed by atoms with Crippen molar-refractivity contribution in [1.82, 2.24) is 0 Å². The molecule has 0 spiro atoms. The minimum Gasteiger partial charge on any atom is -0.493 e. The van der Waals surface area contributed by atoms with Crippen molar-refractivity contribution < 1.29 is 14.6 Å². The summed E-state index contributed by atoms with van der Waals surface area (Å²) in [6.45, 7) is 0.628. The highest BCUT2D eigenvalue weighted by atomic mass is 79.9. The second kappa shape index (κ2) is 7.61. The molecule has 0 bridgehead atoms. The Balaban J connectivity index is 2.82. The highest BCUT2D eigenvalue weighted by Gasteiger charge is 2.11. The van der Waals surface area contributed by atoms with Crippen LogP contribution in [0.4, 0.5) is 0 Å². The number of methoxy groups -OCH3 is 2. The second-order valence-corrected chi connectivity index (χ2v) is 4.98. The van der Waals surface area contributed by atoms with Crippen LogP contribution in [-0.4, -0.2) is 32.5 Å². The largest absolute Gasteiger partial charge is 0.493 e. The number of ether oxygens (including phenoxy) is 2. The summed E-state index contributed by atoms with van der Waals surface area (Å²) in [4.78, 5) is 0. The van der Waals surface area contributed by atoms with Crippen molar-refractivity contribution in [2.24, 2.45) is 11.7 Å². The number of aliphatic hydroxyl groups is 1. The number of aliphatic hydroxyl groups excluding tert-OH is 1. The third-order valence-electron chi connectivity index (χ3n) is 2.97. The van der Waals surface area contributed by atoms with Gasteiger partial charge in [-0.25, -0.2) is 0 Å². The van der Waals surface area contributed by atoms with Gasteiger partial charge >= 0.3 is 0 Å². The third kappa shape index (κ3) is 3.86. The van der Waals surface area contributed by atoms with Crippen LogP contribution < -0.4 is 15.2 Å². The molecule has 102 valence electrons. The first-order valence-electron chi connectivity index (χ1n) is 5.87. The van der Waals surface area contributed by atoms with Gasteiger partial charge in [0.05, 0.1) is 14.2 Å². The van der Waals surface area contributed by atoms with Gasteiger partial charge in [0.15, 0.2) is 11.5 Å². The molecule has 18 heavy (non-hydrogen) atoms. The molecule has 0 amide bonds. The van der Waals surface area contributed by atoms with Gasteiger partial charge in [-0.3, -0.25) is 0 Å². The fraction of sp³-hybridized carbons (Fsp3) is 0.538. The summed E-state index contributed by atoms with van der Waals surface area (Å²) in [5.74, 6) is 1.56. The average molecular weight is 318 g/mol. The molecule has 0 radical (unpaired) electrons. The van der Waals surface area contributed by atoms with Crippen LogP contribution in [0.1, 0.15) is 12.0 Å². The van der Waals surface area contributed by atoms with E-state index in [1.807, 2.05) is 12.1 Å². The molecule has 1 unspecified atom stereocenters. The molecule has 1 aromatic carbocycles. The number of nitrogens with two attached hydrogens (primary N) is 1. The van der Waals surface area contributed by atoms with Gasteiger partial charge in [0.2, 0.25) is 0 Å². The zero-order chi connectivity index (χ0) is 13.5. The third-order valence-corrected chi connectivity index (χ3v) is 3.70. The van der Waals surface area contributed by atoms with Crippen LogP contribution in [0, 0.1) is 5.92 Å². The molecule has 0 aromatic heterocycles. The summed E-state index contributed by atoms with van der Waals surface area (Å²) < 4.78 is 11.5. The first-order valence-corrected chi connectivity index (χ1v) is 6.66. The molecule has 4 nitrogen and oxygen atoms in total. The lowest BCUT2D eigenvalue weighted by Gasteiger charge is -2.14. The minimum absolute atomic E-state index is 0.126. The van der Waals surface area contributed by atoms with Crippen molar-refractivity contribution in [3.05, 3.63) is 22.2 Å². The first kappa shape index (κ1) is 15.3. The van der Waals surface area contributed by atoms with Gasteiger partial charge in [-0.2, -0.15) is 0 Å². The van der Waals surface area contributed by atoms with E-state index in [2.05, 4.69) is 15.9 Å². The lowest BCUT2D eigenvalue weighted by molar-refractivity contribution is 0.223. The quantitative estimate of drug-likeness (QED) is 0.807. The molecular weight excluding hydrogens is 298 g/mol. The van der Waals surface area contributed by atoms with E-state index >= 15 is 0 Å². The highest BCUT2D eigenvalue weighted by molar-refractivity contribution is 9.10. The Bertz CT molecular complexity index is 381. The topological polar surface area (TPSA) is 64.7 Å². The van der Waals surface area contributed by atoms with Gasteiger partial charge in [-0.05, 0) is 43.0 Å². The van der Waals surface area contributed by atoms with E-state index in [9.17, 15) is 0 Å². The predicted octanol–water partition coefficient (Wildman–Crippen LogP) is 1.97. The van der Waals surface area contributed by atoms with Crippen LogP contribution in [0.3, 0.4) is 0 Å². The van der Waals surface area contributed by atoms with E-state index in [1.165, 1.54) is 0 Å². The molecule has 0 aliphatic rings. The Kier molecular flexibility index (Phi) is 6.46. The summed E-state index contributed by atoms with van der Waals surface area (Å²) in [5, 5.41) is 9.12. The van der Waals surface area contributed by atoms with Crippen molar-refractivity contribution in [3.8, 4) is 11.5 Å². The first-order chi connectivity index (χ1) is 8.65. The number of benzene rings is 1. The summed E-state index contributed by atoms with van der Waals surface area (Å²) in [6.07, 6.45) is 1.68. The lowest BCUT2D eigenvalue weighted by Crippen LogP contribution is -2.18. The summed E-state index contributed by atoms with van der Waals surface area (Å²) in [5.41, 5.74) is 6.70. The van der Waals surface area contributed by atoms with E-state index in [-0.39, 0.29) is 12.5 Å². The standard InChI is InChI=1S/C13H20BrNO3/c1-17-12-5-10(4-3-9(7-15)8-16)11(14)6-13(12)18-2/h5-6,9,16H,3-4,7-8,15H2,1-2H3. The average Bonchev–Trinajstić information content (AvgIpc) is 2.40. The maximum absolute atomic E-state index is 9.12. The molecule has 1 aromatic rings. The number of hydrogen-bond acceptors (Lipinski definition) is 4. The van der Waals surface area contributed by atoms with Crippen molar-refractivity contribution in [2.75, 3.05) is 27.4 Å². The zero-order valence-electron chi connectivity index (χ0n) is 10.8. The summed E-state index contributed by atoms with van der Waals surface area (Å²) in [6, 6.07) is 3.85. The van der Waals surface area contributed by atoms with Crippen molar-refractivity contribution in [2.45, 2.75) is 12.8 Å². The number of hydrogen-bond donors (Lipinski definition) is 2. The van der Waals surface area contributed by atoms with E-state index in [1.54, 1.807) is 14.2 Å². The zero-order valence-corrected chi connectivity index (χ0v) is 12.4. The Labute approximate surface area is 116 Å². The molecule has 0 aliphatic carbocycles. The Morgan fingerprint density at radius 1 is 1.28 bits per heavy atom. The fourth-order valence-corrected chi connectivity index (χ4v) is 2.25. The number of halogens is 1. The van der Waals surface area contributed by atoms with Crippen LogP contribution in [0.2, 0.25) is 0 Å². The van der Waals surface area contributed by atoms with Crippen LogP contribution in [0.25, 0.3) is 0 Å². The van der Waals surface area contributed by atoms with Gasteiger partial charge in [0.1, 0.15) is 0 Å². The minimum atomic E-state index is 0.126. The molecule has 1 rings (SSSR count). The smallest absolute Gasteiger partial charge is 0.161 e. The van der Waals surface area contributed by atoms with Crippen molar-refractivity contribution in [1.29, 1.82) is 0 Å². The van der Waals surface area contributed by atoms with E-state index in [4.69, 9.17) is 20.3 Å². The molecule has 0 aliphatic heterocycles. The van der Waals surface area contributed by atoms with E-state index in [0.29, 0.717) is 18.0 Å². The van der Waals surface area contributed by atoms with Gasteiger partial charge < -0.3 is 20.3 Å². The Morgan fingerprint density at radius 2 is 1.89 bits per heavy atom. The highest BCUT2D eigenvalue weighted by Crippen LogP contribution is 2.34. The monoisotopic (exact) mass is 317 g/mol. The molecular formula is C13H20BrNO3. The van der Waals surface area contributed by atoms with Gasteiger partial charge in [0.25, 0.3) is 0 Å². The molecule has 5 heteroatoms. The molecule has 1 atom stereocenters. The van der Waals surface area contributed by atoms with Crippen LogP contribution in [0.5, 0.6) is 11.5 Å². The van der Waals surface area contributed by atoms with E-state index < -0.39 is 0 Å². The molecule has 3 N–H and O–H groups in total. The summed E-state index contributed by atoms with van der Waals surface area (Å²) in [7, 11) is 3.23. The SMILES string of the molecule is COc1cc(Br)c(CCC(CN)CO)cc1OC. The molecule has 0 heterocycles. The normalized spacial score (nSPS) is 12.3. The fourth-order valence-electron chi connectivity index (χ4n) is 1.73. The van der Waals surface area contributed by atoms with Crippen molar-refractivity contribution >= 4 is 15.9 Å². The Morgan fingerprint density at radius 3 is 2.39 bits per heavy atom. The Hall–Kier alpha value is -0.780. The van der Waals surface area contributed by atoms with Crippen molar-refractivity contribution in [3.63, 3.8) is 0 Å². The molecule has 0 fully saturated rings. The predicted molar refractivity (Wildman–Crippen MR) is 75.2 cm³/mol. The lowest BCUT2D eigenvalue weighted by atomic mass is 10.00. The molecule has 0 saturated carbocycles. The van der Waals surface area contributed by atoms with Crippen LogP contribution in [0.15, 0.2) is 16.6 Å². The number of aryl methyl sites for hydroxylation is 1. The van der Waals surface area contributed by atoms with Crippen LogP contribution >= 0.6 is 15.9 Å². The van der Waals surface area contributed by atoms with Gasteiger partial charge in [0, 0.05) is 11.1 Å². The van der Waals surface area contributed by atoms with Crippen LogP contribution in [-0.2, 0) is 6.42 Å². The maximum Gasteiger partial charge on any atom is 0.161 e.